The summed E-state index contributed by atoms with van der Waals surface area (Å²) >= 11 is 0. The summed E-state index contributed by atoms with van der Waals surface area (Å²) < 4.78 is 11.0. The number of nitrogens with zero attached hydrogens (tertiary/aromatic N) is 1. The predicted octanol–water partition coefficient (Wildman–Crippen LogP) is 6.27. The summed E-state index contributed by atoms with van der Waals surface area (Å²) in [6.45, 7) is 9.56. The summed E-state index contributed by atoms with van der Waals surface area (Å²) in [5.74, 6) is -0.329. The van der Waals surface area contributed by atoms with Crippen molar-refractivity contribution in [1.82, 2.24) is 4.90 Å². The summed E-state index contributed by atoms with van der Waals surface area (Å²) in [6, 6.07) is 0.154. The molecule has 0 aromatic carbocycles. The molecule has 0 saturated carbocycles. The average Bonchev–Trinajstić information content (AvgIpc) is 2.69. The van der Waals surface area contributed by atoms with Crippen LogP contribution in [-0.4, -0.2) is 40.8 Å². The minimum absolute atomic E-state index is 0.00723. The predicted molar refractivity (Wildman–Crippen MR) is 125 cm³/mol. The fraction of sp³-hybridized carbons (Fsp3) is 0.615. The van der Waals surface area contributed by atoms with E-state index in [2.05, 4.69) is 13.0 Å². The number of amides is 1. The third-order valence-corrected chi connectivity index (χ3v) is 5.45. The van der Waals surface area contributed by atoms with E-state index in [1.165, 1.54) is 24.5 Å². The molecule has 1 fully saturated rings. The van der Waals surface area contributed by atoms with Gasteiger partial charge in [-0.3, -0.25) is 4.90 Å². The van der Waals surface area contributed by atoms with Gasteiger partial charge in [0.2, 0.25) is 0 Å². The average molecular weight is 430 g/mol. The van der Waals surface area contributed by atoms with Crippen LogP contribution >= 0.6 is 0 Å². The van der Waals surface area contributed by atoms with Crippen molar-refractivity contribution in [3.63, 3.8) is 0 Å². The normalized spacial score (nSPS) is 23.9. The Morgan fingerprint density at radius 1 is 1.16 bits per heavy atom. The van der Waals surface area contributed by atoms with Crippen LogP contribution in [0.3, 0.4) is 0 Å². The van der Waals surface area contributed by atoms with Gasteiger partial charge in [0.15, 0.2) is 0 Å². The molecule has 5 nitrogen and oxygen atoms in total. The highest BCUT2D eigenvalue weighted by atomic mass is 16.6. The Hall–Kier alpha value is -2.30. The monoisotopic (exact) mass is 429 g/mol. The summed E-state index contributed by atoms with van der Waals surface area (Å²) in [6.07, 6.45) is 20.2. The van der Waals surface area contributed by atoms with Crippen molar-refractivity contribution < 1.29 is 19.1 Å². The minimum Gasteiger partial charge on any atom is -0.455 e. The Balaban J connectivity index is 1.86. The Kier molecular flexibility index (Phi) is 9.60. The van der Waals surface area contributed by atoms with Crippen molar-refractivity contribution in [2.24, 2.45) is 0 Å². The molecule has 1 amide bonds. The minimum atomic E-state index is -0.510. The summed E-state index contributed by atoms with van der Waals surface area (Å²) in [5, 5.41) is 0. The summed E-state index contributed by atoms with van der Waals surface area (Å²) in [4.78, 5) is 26.5. The van der Waals surface area contributed by atoms with Crippen LogP contribution < -0.4 is 0 Å². The molecule has 2 rings (SSSR count). The van der Waals surface area contributed by atoms with Crippen LogP contribution in [0.5, 0.6) is 0 Å². The van der Waals surface area contributed by atoms with E-state index in [0.717, 1.165) is 32.1 Å². The van der Waals surface area contributed by atoms with Gasteiger partial charge < -0.3 is 9.47 Å². The first kappa shape index (κ1) is 25.0. The maximum Gasteiger partial charge on any atom is 0.411 e. The first-order valence-corrected chi connectivity index (χ1v) is 11.6. The molecular formula is C26H39NO4. The van der Waals surface area contributed by atoms with Gasteiger partial charge in [-0.2, -0.15) is 0 Å². The number of carbonyl (C=O) groups excluding carboxylic acids is 2. The quantitative estimate of drug-likeness (QED) is 0.284. The van der Waals surface area contributed by atoms with Crippen molar-refractivity contribution in [2.75, 3.05) is 0 Å². The SMILES string of the molecule is C[C@@H](/C=C\C=C\[C@H]1CCC[C@H](C)N1C(=O)OC(C)(C)C)OC(=O)/C=C/C1=CCCCC1. The maximum absolute atomic E-state index is 12.7. The van der Waals surface area contributed by atoms with Gasteiger partial charge in [0.25, 0.3) is 0 Å². The van der Waals surface area contributed by atoms with E-state index in [9.17, 15) is 9.59 Å². The lowest BCUT2D eigenvalue weighted by Gasteiger charge is -2.40. The maximum atomic E-state index is 12.7. The van der Waals surface area contributed by atoms with Crippen LogP contribution in [0.15, 0.2) is 48.1 Å². The summed E-state index contributed by atoms with van der Waals surface area (Å²) in [5.41, 5.74) is 0.703. The van der Waals surface area contributed by atoms with Gasteiger partial charge in [0, 0.05) is 12.1 Å². The van der Waals surface area contributed by atoms with E-state index in [1.54, 1.807) is 0 Å². The number of rotatable bonds is 6. The molecule has 3 atom stereocenters. The van der Waals surface area contributed by atoms with Gasteiger partial charge in [-0.25, -0.2) is 9.59 Å². The van der Waals surface area contributed by atoms with Crippen LogP contribution in [0, 0.1) is 0 Å². The lowest BCUT2D eigenvalue weighted by atomic mass is 9.96. The van der Waals surface area contributed by atoms with Crippen LogP contribution in [0.4, 0.5) is 4.79 Å². The van der Waals surface area contributed by atoms with Crippen molar-refractivity contribution in [1.29, 1.82) is 0 Å². The van der Waals surface area contributed by atoms with Gasteiger partial charge in [-0.05, 0) is 85.6 Å². The highest BCUT2D eigenvalue weighted by Crippen LogP contribution is 2.26. The molecular weight excluding hydrogens is 390 g/mol. The van der Waals surface area contributed by atoms with Gasteiger partial charge in [0.05, 0.1) is 6.04 Å². The number of carbonyl (C=O) groups is 2. The molecule has 172 valence electrons. The Morgan fingerprint density at radius 2 is 1.94 bits per heavy atom. The van der Waals surface area contributed by atoms with Crippen LogP contribution in [0.1, 0.15) is 79.6 Å². The molecule has 5 heteroatoms. The molecule has 2 aliphatic rings. The van der Waals surface area contributed by atoms with Crippen molar-refractivity contribution in [3.8, 4) is 0 Å². The number of likely N-dealkylation sites (tertiary alicyclic amines) is 1. The number of esters is 1. The number of hydrogen-bond acceptors (Lipinski definition) is 4. The fourth-order valence-electron chi connectivity index (χ4n) is 3.91. The van der Waals surface area contributed by atoms with E-state index in [-0.39, 0.29) is 30.3 Å². The molecule has 0 bridgehead atoms. The zero-order valence-corrected chi connectivity index (χ0v) is 19.8. The first-order chi connectivity index (χ1) is 14.7. The number of allylic oxidation sites excluding steroid dienone is 5. The summed E-state index contributed by atoms with van der Waals surface area (Å²) in [7, 11) is 0. The molecule has 0 spiro atoms. The zero-order valence-electron chi connectivity index (χ0n) is 19.8. The number of hydrogen-bond donors (Lipinski definition) is 0. The molecule has 1 saturated heterocycles. The lowest BCUT2D eigenvalue weighted by Crippen LogP contribution is -2.49. The largest absolute Gasteiger partial charge is 0.455 e. The Bertz CT molecular complexity index is 726. The molecule has 1 aliphatic carbocycles. The molecule has 0 aromatic heterocycles. The molecule has 0 unspecified atom stereocenters. The molecule has 1 aliphatic heterocycles. The molecule has 31 heavy (non-hydrogen) atoms. The lowest BCUT2D eigenvalue weighted by molar-refractivity contribution is -0.140. The van der Waals surface area contributed by atoms with Gasteiger partial charge >= 0.3 is 12.1 Å². The molecule has 0 radical (unpaired) electrons. The number of piperidine rings is 1. The third kappa shape index (κ3) is 9.16. The number of ether oxygens (including phenoxy) is 2. The second-order valence-corrected chi connectivity index (χ2v) is 9.50. The topological polar surface area (TPSA) is 55.8 Å². The Labute approximate surface area is 187 Å². The molecule has 0 N–H and O–H groups in total. The van der Waals surface area contributed by atoms with Crippen molar-refractivity contribution in [3.05, 3.63) is 48.1 Å². The standard InChI is InChI=1S/C26H39NO4/c1-20-12-11-17-23(27(20)25(29)31-26(3,4)5)16-10-9-13-21(2)30-24(28)19-18-22-14-7-6-8-15-22/h9-10,13-14,16,18-21,23H,6-8,11-12,15,17H2,1-5H3/b13-9-,16-10+,19-18+/t20-,21-,23-/m0/s1. The smallest absolute Gasteiger partial charge is 0.411 e. The van der Waals surface area contributed by atoms with Crippen molar-refractivity contribution in [2.45, 2.75) is 103 Å². The van der Waals surface area contributed by atoms with Gasteiger partial charge in [-0.15, -0.1) is 0 Å². The van der Waals surface area contributed by atoms with E-state index in [1.807, 2.05) is 63.0 Å². The second-order valence-electron chi connectivity index (χ2n) is 9.50. The van der Waals surface area contributed by atoms with Crippen molar-refractivity contribution >= 4 is 12.1 Å². The van der Waals surface area contributed by atoms with Crippen LogP contribution in [0.2, 0.25) is 0 Å². The second kappa shape index (κ2) is 11.9. The highest BCUT2D eigenvalue weighted by molar-refractivity contribution is 5.82. The molecule has 1 heterocycles. The fourth-order valence-corrected chi connectivity index (χ4v) is 3.91. The zero-order chi connectivity index (χ0) is 22.9. The molecule has 0 aromatic rings. The van der Waals surface area contributed by atoms with E-state index < -0.39 is 5.60 Å². The third-order valence-electron chi connectivity index (χ3n) is 5.45. The Morgan fingerprint density at radius 3 is 2.61 bits per heavy atom. The van der Waals surface area contributed by atoms with E-state index in [0.29, 0.717) is 0 Å². The van der Waals surface area contributed by atoms with Crippen LogP contribution in [0.25, 0.3) is 0 Å². The van der Waals surface area contributed by atoms with E-state index >= 15 is 0 Å². The van der Waals surface area contributed by atoms with Gasteiger partial charge in [0.1, 0.15) is 11.7 Å². The first-order valence-electron chi connectivity index (χ1n) is 11.6. The van der Waals surface area contributed by atoms with E-state index in [4.69, 9.17) is 9.47 Å². The highest BCUT2D eigenvalue weighted by Gasteiger charge is 2.33. The van der Waals surface area contributed by atoms with Crippen LogP contribution in [-0.2, 0) is 14.3 Å². The van der Waals surface area contributed by atoms with Gasteiger partial charge in [-0.1, -0.05) is 36.0 Å².